The molecule has 0 N–H and O–H groups in total. The van der Waals surface area contributed by atoms with E-state index in [4.69, 9.17) is 18.9 Å². The van der Waals surface area contributed by atoms with Gasteiger partial charge in [-0.25, -0.2) is 0 Å². The fraction of sp³-hybridized carbons (Fsp3) is 0.348. The summed E-state index contributed by atoms with van der Waals surface area (Å²) in [5.41, 5.74) is 1.73. The molecular weight excluding hydrogens is 356 g/mol. The number of carbonyl (C=O) groups excluding carboxylic acids is 1. The molecule has 5 heteroatoms. The summed E-state index contributed by atoms with van der Waals surface area (Å²) in [5, 5.41) is 0. The van der Waals surface area contributed by atoms with Crippen LogP contribution in [0.25, 0.3) is 6.08 Å². The molecule has 0 saturated carbocycles. The van der Waals surface area contributed by atoms with Crippen LogP contribution in [0.2, 0.25) is 0 Å². The minimum absolute atomic E-state index is 0.0118. The molecule has 1 atom stereocenters. The molecule has 0 spiro atoms. The molecule has 0 amide bonds. The zero-order valence-electron chi connectivity index (χ0n) is 16.9. The zero-order valence-corrected chi connectivity index (χ0v) is 16.9. The average Bonchev–Trinajstić information content (AvgIpc) is 2.70. The highest BCUT2D eigenvalue weighted by Gasteiger charge is 2.31. The second-order valence-corrected chi connectivity index (χ2v) is 7.19. The van der Waals surface area contributed by atoms with E-state index < -0.39 is 11.7 Å². The van der Waals surface area contributed by atoms with Crippen LogP contribution in [0.1, 0.15) is 47.9 Å². The molecule has 0 saturated heterocycles. The van der Waals surface area contributed by atoms with Crippen molar-refractivity contribution in [3.63, 3.8) is 0 Å². The number of Topliss-reactive ketones (excluding diaryl/α,β-unsaturated/α-hetero) is 1. The van der Waals surface area contributed by atoms with Gasteiger partial charge in [0.25, 0.3) is 0 Å². The third-order valence-electron chi connectivity index (χ3n) is 4.80. The summed E-state index contributed by atoms with van der Waals surface area (Å²) in [7, 11) is 4.76. The van der Waals surface area contributed by atoms with E-state index in [9.17, 15) is 4.79 Å². The van der Waals surface area contributed by atoms with Crippen molar-refractivity contribution < 1.29 is 23.7 Å². The molecule has 0 aromatic heterocycles. The molecular formula is C23H26O5. The van der Waals surface area contributed by atoms with E-state index in [0.29, 0.717) is 28.4 Å². The molecule has 2 aromatic rings. The van der Waals surface area contributed by atoms with Crippen LogP contribution in [0.4, 0.5) is 0 Å². The first kappa shape index (κ1) is 20.0. The first-order valence-corrected chi connectivity index (χ1v) is 9.18. The van der Waals surface area contributed by atoms with Crippen molar-refractivity contribution in [2.24, 2.45) is 0 Å². The van der Waals surface area contributed by atoms with Crippen molar-refractivity contribution in [1.82, 2.24) is 0 Å². The van der Waals surface area contributed by atoms with E-state index in [0.717, 1.165) is 5.56 Å². The van der Waals surface area contributed by atoms with E-state index in [-0.39, 0.29) is 12.2 Å². The maximum Gasteiger partial charge on any atom is 0.165 e. The Morgan fingerprint density at radius 3 is 2.43 bits per heavy atom. The molecule has 0 fully saturated rings. The molecule has 1 aliphatic heterocycles. The lowest BCUT2D eigenvalue weighted by Crippen LogP contribution is -2.28. The summed E-state index contributed by atoms with van der Waals surface area (Å²) < 4.78 is 23.1. The predicted octanol–water partition coefficient (Wildman–Crippen LogP) is 4.85. The van der Waals surface area contributed by atoms with E-state index in [1.165, 1.54) is 0 Å². The van der Waals surface area contributed by atoms with Gasteiger partial charge in [-0.2, -0.15) is 0 Å². The Morgan fingerprint density at radius 2 is 1.82 bits per heavy atom. The van der Waals surface area contributed by atoms with Gasteiger partial charge in [-0.3, -0.25) is 4.79 Å². The van der Waals surface area contributed by atoms with E-state index in [1.807, 2.05) is 50.3 Å². The predicted molar refractivity (Wildman–Crippen MR) is 108 cm³/mol. The Balaban J connectivity index is 2.05. The van der Waals surface area contributed by atoms with Crippen LogP contribution in [0.5, 0.6) is 17.2 Å². The Morgan fingerprint density at radius 1 is 1.11 bits per heavy atom. The van der Waals surface area contributed by atoms with Crippen molar-refractivity contribution in [3.8, 4) is 17.2 Å². The van der Waals surface area contributed by atoms with E-state index >= 15 is 0 Å². The Kier molecular flexibility index (Phi) is 5.75. The Bertz CT molecular complexity index is 884. The first-order chi connectivity index (χ1) is 13.4. The number of rotatable bonds is 7. The summed E-state index contributed by atoms with van der Waals surface area (Å²) in [6.07, 6.45) is 3.60. The van der Waals surface area contributed by atoms with Crippen LogP contribution in [0.3, 0.4) is 0 Å². The van der Waals surface area contributed by atoms with Gasteiger partial charge in [0.05, 0.1) is 31.5 Å². The van der Waals surface area contributed by atoms with Gasteiger partial charge in [0.2, 0.25) is 0 Å². The molecule has 0 aliphatic carbocycles. The second kappa shape index (κ2) is 8.07. The minimum Gasteiger partial charge on any atom is -0.496 e. The lowest BCUT2D eigenvalue weighted by atomic mass is 9.93. The van der Waals surface area contributed by atoms with Gasteiger partial charge < -0.3 is 18.9 Å². The first-order valence-electron chi connectivity index (χ1n) is 9.18. The number of hydrogen-bond donors (Lipinski definition) is 0. The SMILES string of the molecule is COc1cc2c(c(OC)c1C(CC(=O)c1ccccc1)OC)C=CC(C)(C)O2. The average molecular weight is 382 g/mol. The highest BCUT2D eigenvalue weighted by molar-refractivity contribution is 5.96. The number of ketones is 1. The van der Waals surface area contributed by atoms with Gasteiger partial charge >= 0.3 is 0 Å². The summed E-state index contributed by atoms with van der Waals surface area (Å²) in [6.45, 7) is 3.96. The molecule has 1 aliphatic rings. The molecule has 1 unspecified atom stereocenters. The van der Waals surface area contributed by atoms with E-state index in [2.05, 4.69) is 0 Å². The molecule has 148 valence electrons. The van der Waals surface area contributed by atoms with Crippen LogP contribution < -0.4 is 14.2 Å². The Hall–Kier alpha value is -2.79. The minimum atomic E-state index is -0.522. The second-order valence-electron chi connectivity index (χ2n) is 7.19. The summed E-state index contributed by atoms with van der Waals surface area (Å²) in [4.78, 5) is 12.8. The molecule has 3 rings (SSSR count). The normalized spacial score (nSPS) is 15.3. The lowest BCUT2D eigenvalue weighted by Gasteiger charge is -2.31. The van der Waals surface area contributed by atoms with Crippen molar-refractivity contribution in [2.75, 3.05) is 21.3 Å². The van der Waals surface area contributed by atoms with Gasteiger partial charge in [-0.1, -0.05) is 30.3 Å². The molecule has 2 aromatic carbocycles. The van der Waals surface area contributed by atoms with Gasteiger partial charge in [0.1, 0.15) is 22.8 Å². The summed E-state index contributed by atoms with van der Waals surface area (Å²) >= 11 is 0. The van der Waals surface area contributed by atoms with Crippen LogP contribution in [-0.4, -0.2) is 32.7 Å². The number of ether oxygens (including phenoxy) is 4. The number of carbonyl (C=O) groups is 1. The van der Waals surface area contributed by atoms with Crippen LogP contribution in [0, 0.1) is 0 Å². The summed E-state index contributed by atoms with van der Waals surface area (Å²) in [5.74, 6) is 1.82. The fourth-order valence-corrected chi connectivity index (χ4v) is 3.39. The molecule has 28 heavy (non-hydrogen) atoms. The quantitative estimate of drug-likeness (QED) is 0.641. The number of fused-ring (bicyclic) bond motifs is 1. The number of benzene rings is 2. The van der Waals surface area contributed by atoms with Crippen molar-refractivity contribution in [3.05, 3.63) is 59.2 Å². The van der Waals surface area contributed by atoms with Crippen molar-refractivity contribution in [1.29, 1.82) is 0 Å². The van der Waals surface area contributed by atoms with Gasteiger partial charge in [-0.15, -0.1) is 0 Å². The van der Waals surface area contributed by atoms with Crippen LogP contribution in [0.15, 0.2) is 42.5 Å². The topological polar surface area (TPSA) is 54.0 Å². The van der Waals surface area contributed by atoms with Gasteiger partial charge in [-0.05, 0) is 26.0 Å². The molecule has 1 heterocycles. The zero-order chi connectivity index (χ0) is 20.3. The van der Waals surface area contributed by atoms with Crippen LogP contribution in [-0.2, 0) is 4.74 Å². The standard InChI is InChI=1S/C23H26O5/c1-23(2)12-11-16-18(28-23)14-20(26-4)21(22(16)27-5)19(25-3)13-17(24)15-9-7-6-8-10-15/h6-12,14,19H,13H2,1-5H3. The highest BCUT2D eigenvalue weighted by atomic mass is 16.5. The third-order valence-corrected chi connectivity index (χ3v) is 4.80. The maximum atomic E-state index is 12.8. The van der Waals surface area contributed by atoms with Crippen LogP contribution >= 0.6 is 0 Å². The lowest BCUT2D eigenvalue weighted by molar-refractivity contribution is 0.0709. The summed E-state index contributed by atoms with van der Waals surface area (Å²) in [6, 6.07) is 11.0. The monoisotopic (exact) mass is 382 g/mol. The largest absolute Gasteiger partial charge is 0.496 e. The molecule has 0 radical (unpaired) electrons. The van der Waals surface area contributed by atoms with Crippen molar-refractivity contribution >= 4 is 11.9 Å². The maximum absolute atomic E-state index is 12.8. The highest BCUT2D eigenvalue weighted by Crippen LogP contribution is 2.47. The molecule has 0 bridgehead atoms. The number of hydrogen-bond acceptors (Lipinski definition) is 5. The van der Waals surface area contributed by atoms with Gasteiger partial charge in [0.15, 0.2) is 5.78 Å². The van der Waals surface area contributed by atoms with E-state index in [1.54, 1.807) is 33.5 Å². The van der Waals surface area contributed by atoms with Crippen molar-refractivity contribution in [2.45, 2.75) is 32.0 Å². The fourth-order valence-electron chi connectivity index (χ4n) is 3.39. The van der Waals surface area contributed by atoms with Gasteiger partial charge in [0, 0.05) is 25.2 Å². The molecule has 5 nitrogen and oxygen atoms in total. The Labute approximate surface area is 165 Å². The third kappa shape index (κ3) is 3.90. The smallest absolute Gasteiger partial charge is 0.165 e. The number of methoxy groups -OCH3 is 3.